The summed E-state index contributed by atoms with van der Waals surface area (Å²) in [5, 5.41) is 4.07. The predicted molar refractivity (Wildman–Crippen MR) is 170 cm³/mol. The minimum absolute atomic E-state index is 0. The number of carbonyl (C=O) groups is 1. The highest BCUT2D eigenvalue weighted by atomic mass is 32.2. The molecule has 1 unspecified atom stereocenters. The lowest BCUT2D eigenvalue weighted by Crippen LogP contribution is -2.51. The first-order valence-corrected chi connectivity index (χ1v) is 16.8. The second kappa shape index (κ2) is 17.7. The van der Waals surface area contributed by atoms with Crippen LogP contribution in [0.2, 0.25) is 0 Å². The van der Waals surface area contributed by atoms with Gasteiger partial charge in [-0.2, -0.15) is 4.31 Å². The van der Waals surface area contributed by atoms with Gasteiger partial charge in [0.05, 0.1) is 24.4 Å². The summed E-state index contributed by atoms with van der Waals surface area (Å²) in [6.07, 6.45) is 9.88. The number of oxime groups is 1. The number of benzene rings is 2. The Labute approximate surface area is 252 Å². The molecule has 0 spiro atoms. The van der Waals surface area contributed by atoms with Gasteiger partial charge in [0.15, 0.2) is 0 Å². The minimum Gasteiger partial charge on any atom is -0.445 e. The first kappa shape index (κ1) is 33.3. The summed E-state index contributed by atoms with van der Waals surface area (Å²) in [5.41, 5.74) is 6.82. The number of nitrogens with two attached hydrogens (primary N) is 1. The van der Waals surface area contributed by atoms with Gasteiger partial charge in [0, 0.05) is 7.97 Å². The second-order valence-corrected chi connectivity index (χ2v) is 12.5. The zero-order chi connectivity index (χ0) is 30.2. The Balaban J connectivity index is 0.000000389. The molecule has 9 nitrogen and oxygen atoms in total. The number of carbonyl (C=O) groups excluding carboxylic acids is 1. The Morgan fingerprint density at radius 2 is 1.57 bits per heavy atom. The van der Waals surface area contributed by atoms with Crippen molar-refractivity contribution in [1.82, 2.24) is 4.31 Å². The summed E-state index contributed by atoms with van der Waals surface area (Å²) in [4.78, 5) is 20.3. The molecule has 2 N–H and O–H groups in total. The maximum absolute atomic E-state index is 13.3. The minimum atomic E-state index is -3.30. The quantitative estimate of drug-likeness (QED) is 0.379. The molecule has 2 heterocycles. The highest BCUT2D eigenvalue weighted by molar-refractivity contribution is 7.89. The normalized spacial score (nSPS) is 21.0. The van der Waals surface area contributed by atoms with Gasteiger partial charge in [-0.25, -0.2) is 18.2 Å². The standard InChI is InChI=1S/C22H31N3O3S.C8H9NO2.C2H6.H2/c26-29(27,17-19-11-5-2-6-12-19)25-14-8-7-13-21(25)20-16-23-28-22(24-20)15-18-9-3-1-4-10-18;9-8(10)11-6-7-4-2-1-3-5-7;1-2;/h1,3-4,9-10,16,19-21H,2,5-8,11-15,17H2;1-5H,6H2,(H2,9,10);1-2H3;1H/t20?,21-;;;/m0.../s1. The molecule has 2 atom stereocenters. The first-order chi connectivity index (χ1) is 20.4. The van der Waals surface area contributed by atoms with Crippen LogP contribution in [0.4, 0.5) is 4.79 Å². The number of amides is 1. The van der Waals surface area contributed by atoms with Crippen LogP contribution in [0.25, 0.3) is 0 Å². The average molecular weight is 601 g/mol. The van der Waals surface area contributed by atoms with Crippen LogP contribution in [0, 0.1) is 5.92 Å². The van der Waals surface area contributed by atoms with Crippen molar-refractivity contribution in [3.05, 3.63) is 71.8 Å². The molecule has 2 aromatic rings. The summed E-state index contributed by atoms with van der Waals surface area (Å²) in [6, 6.07) is 19.0. The number of sulfonamides is 1. The molecule has 1 saturated heterocycles. The molecular formula is C32H48N4O5S. The second-order valence-electron chi connectivity index (χ2n) is 10.6. The SMILES string of the molecule is CC.NC(=O)OCc1ccccc1.O=S(=O)(CC1CCCCC1)N1CCCC[C@H]1C1C=NOC(Cc2ccccc2)=N1.[HH]. The van der Waals surface area contributed by atoms with E-state index in [4.69, 9.17) is 15.6 Å². The number of primary amides is 1. The van der Waals surface area contributed by atoms with E-state index in [1.165, 1.54) is 6.42 Å². The molecule has 1 aliphatic carbocycles. The number of rotatable bonds is 8. The molecule has 3 aliphatic rings. The van der Waals surface area contributed by atoms with Crippen molar-refractivity contribution in [3.8, 4) is 0 Å². The number of hydrogen-bond acceptors (Lipinski definition) is 7. The van der Waals surface area contributed by atoms with E-state index in [1.807, 2.05) is 74.5 Å². The summed E-state index contributed by atoms with van der Waals surface area (Å²) in [6.45, 7) is 4.84. The third kappa shape index (κ3) is 10.9. The zero-order valence-corrected chi connectivity index (χ0v) is 25.8. The largest absolute Gasteiger partial charge is 0.445 e. The van der Waals surface area contributed by atoms with Crippen molar-refractivity contribution in [1.29, 1.82) is 0 Å². The molecule has 10 heteroatoms. The predicted octanol–water partition coefficient (Wildman–Crippen LogP) is 6.33. The van der Waals surface area contributed by atoms with Gasteiger partial charge in [-0.05, 0) is 42.7 Å². The molecule has 42 heavy (non-hydrogen) atoms. The smallest absolute Gasteiger partial charge is 0.404 e. The molecule has 2 aliphatic heterocycles. The van der Waals surface area contributed by atoms with E-state index in [9.17, 15) is 13.2 Å². The Kier molecular flexibility index (Phi) is 14.0. The van der Waals surface area contributed by atoms with E-state index in [1.54, 1.807) is 10.5 Å². The Hall–Kier alpha value is -3.24. The van der Waals surface area contributed by atoms with E-state index >= 15 is 0 Å². The molecular weight excluding hydrogens is 552 g/mol. The first-order valence-electron chi connectivity index (χ1n) is 15.2. The highest BCUT2D eigenvalue weighted by Gasteiger charge is 2.38. The molecule has 5 rings (SSSR count). The van der Waals surface area contributed by atoms with Gasteiger partial charge in [0.25, 0.3) is 0 Å². The van der Waals surface area contributed by atoms with Gasteiger partial charge >= 0.3 is 6.09 Å². The Morgan fingerprint density at radius 3 is 2.21 bits per heavy atom. The molecule has 0 bridgehead atoms. The Bertz CT molecular complexity index is 1240. The third-order valence-corrected chi connectivity index (χ3v) is 9.57. The van der Waals surface area contributed by atoms with Crippen LogP contribution >= 0.6 is 0 Å². The average Bonchev–Trinajstić information content (AvgIpc) is 3.03. The van der Waals surface area contributed by atoms with Gasteiger partial charge in [0.2, 0.25) is 15.9 Å². The van der Waals surface area contributed by atoms with E-state index < -0.39 is 16.1 Å². The van der Waals surface area contributed by atoms with Crippen molar-refractivity contribution in [2.24, 2.45) is 21.8 Å². The van der Waals surface area contributed by atoms with Crippen LogP contribution in [-0.2, 0) is 32.6 Å². The molecule has 1 amide bonds. The van der Waals surface area contributed by atoms with E-state index in [-0.39, 0.29) is 25.9 Å². The summed E-state index contributed by atoms with van der Waals surface area (Å²) < 4.78 is 32.9. The van der Waals surface area contributed by atoms with Crippen LogP contribution in [0.15, 0.2) is 70.8 Å². The highest BCUT2D eigenvalue weighted by Crippen LogP contribution is 2.30. The lowest BCUT2D eigenvalue weighted by Gasteiger charge is -2.38. The van der Waals surface area contributed by atoms with Crippen LogP contribution in [-0.4, -0.2) is 55.3 Å². The van der Waals surface area contributed by atoms with Crippen molar-refractivity contribution in [2.45, 2.75) is 90.3 Å². The van der Waals surface area contributed by atoms with Gasteiger partial charge in [-0.3, -0.25) is 0 Å². The van der Waals surface area contributed by atoms with Crippen LogP contribution in [0.3, 0.4) is 0 Å². The van der Waals surface area contributed by atoms with Crippen molar-refractivity contribution in [2.75, 3.05) is 12.3 Å². The van der Waals surface area contributed by atoms with Crippen LogP contribution in [0.5, 0.6) is 0 Å². The maximum atomic E-state index is 13.3. The summed E-state index contributed by atoms with van der Waals surface area (Å²) in [7, 11) is -3.30. The molecule has 1 saturated carbocycles. The van der Waals surface area contributed by atoms with Crippen LogP contribution < -0.4 is 5.73 Å². The van der Waals surface area contributed by atoms with Gasteiger partial charge < -0.3 is 15.3 Å². The molecule has 232 valence electrons. The fraction of sp³-hybridized carbons (Fsp3) is 0.531. The van der Waals surface area contributed by atoms with E-state index in [0.29, 0.717) is 24.8 Å². The fourth-order valence-corrected chi connectivity index (χ4v) is 7.67. The van der Waals surface area contributed by atoms with Gasteiger partial charge in [-0.1, -0.05) is 105 Å². The lowest BCUT2D eigenvalue weighted by molar-refractivity contribution is 0.150. The number of hydrogen-bond donors (Lipinski definition) is 1. The maximum Gasteiger partial charge on any atom is 0.404 e. The topological polar surface area (TPSA) is 124 Å². The fourth-order valence-electron chi connectivity index (χ4n) is 5.50. The van der Waals surface area contributed by atoms with E-state index in [0.717, 1.165) is 56.1 Å². The molecule has 0 radical (unpaired) electrons. The number of nitrogens with zero attached hydrogens (tertiary/aromatic N) is 3. The Morgan fingerprint density at radius 1 is 0.952 bits per heavy atom. The lowest BCUT2D eigenvalue weighted by atomic mass is 9.91. The van der Waals surface area contributed by atoms with Gasteiger partial charge in [-0.15, -0.1) is 0 Å². The zero-order valence-electron chi connectivity index (χ0n) is 24.9. The summed E-state index contributed by atoms with van der Waals surface area (Å²) in [5.74, 6) is 1.14. The van der Waals surface area contributed by atoms with Crippen molar-refractivity contribution >= 4 is 28.2 Å². The number of aliphatic imine (C=N–C) groups is 1. The molecule has 2 fully saturated rings. The molecule has 0 aromatic heterocycles. The summed E-state index contributed by atoms with van der Waals surface area (Å²) >= 11 is 0. The van der Waals surface area contributed by atoms with E-state index in [2.05, 4.69) is 9.89 Å². The van der Waals surface area contributed by atoms with Gasteiger partial charge in [0.1, 0.15) is 12.6 Å². The third-order valence-electron chi connectivity index (χ3n) is 7.51. The number of piperidine rings is 1. The monoisotopic (exact) mass is 600 g/mol. The number of ether oxygens (including phenoxy) is 1. The van der Waals surface area contributed by atoms with Crippen molar-refractivity contribution in [3.63, 3.8) is 0 Å². The molecule has 2 aromatic carbocycles. The van der Waals surface area contributed by atoms with Crippen molar-refractivity contribution < 1.29 is 24.2 Å². The van der Waals surface area contributed by atoms with Crippen LogP contribution in [0.1, 0.15) is 77.8 Å².